The largest absolute Gasteiger partial charge is 0.756 e. The molecule has 0 spiro atoms. The monoisotopic (exact) mass is 776 g/mol. The van der Waals surface area contributed by atoms with E-state index in [9.17, 15) is 19.0 Å². The number of quaternary nitrogens is 1. The second kappa shape index (κ2) is 36.6. The first-order valence-corrected chi connectivity index (χ1v) is 23.7. The fraction of sp³-hybridized carbons (Fsp3) is 0.953. The molecule has 316 valence electrons. The molecule has 0 saturated heterocycles. The zero-order chi connectivity index (χ0) is 39.3. The summed E-state index contributed by atoms with van der Waals surface area (Å²) in [5.74, 6) is -0.820. The van der Waals surface area contributed by atoms with Gasteiger partial charge in [-0.2, -0.15) is 0 Å². The second-order valence-corrected chi connectivity index (χ2v) is 17.8. The van der Waals surface area contributed by atoms with Crippen LogP contribution in [0.25, 0.3) is 0 Å². The van der Waals surface area contributed by atoms with E-state index < -0.39 is 26.5 Å². The van der Waals surface area contributed by atoms with E-state index in [1.165, 1.54) is 148 Å². The number of nitrogens with zero attached hydrogens (tertiary/aromatic N) is 1. The van der Waals surface area contributed by atoms with Crippen molar-refractivity contribution in [3.05, 3.63) is 0 Å². The molecule has 0 aliphatic heterocycles. The van der Waals surface area contributed by atoms with Crippen molar-refractivity contribution in [2.24, 2.45) is 0 Å². The van der Waals surface area contributed by atoms with Crippen LogP contribution < -0.4 is 4.89 Å². The summed E-state index contributed by atoms with van der Waals surface area (Å²) in [5, 5.41) is 0. The van der Waals surface area contributed by atoms with E-state index >= 15 is 0 Å². The third kappa shape index (κ3) is 40.5. The van der Waals surface area contributed by atoms with Crippen LogP contribution in [0.2, 0.25) is 0 Å². The summed E-state index contributed by atoms with van der Waals surface area (Å²) in [6.45, 7) is 4.26. The SMILES string of the molecule is CCCCCCCCCCCCCCCCCCC(=O)OC[C@H](COP(=O)([O-])OCC[N+](C)(C)C)OC(=O)CCCCCCCCCCCCCCC. The molecule has 0 fully saturated rings. The summed E-state index contributed by atoms with van der Waals surface area (Å²) in [6, 6.07) is 0. The van der Waals surface area contributed by atoms with Crippen LogP contribution in [0, 0.1) is 0 Å². The Bertz CT molecular complexity index is 881. The molecule has 0 bridgehead atoms. The maximum atomic E-state index is 12.6. The Kier molecular flexibility index (Phi) is 36.0. The number of ether oxygens (including phenoxy) is 2. The Hall–Kier alpha value is -0.990. The maximum absolute atomic E-state index is 12.6. The number of hydrogen-bond acceptors (Lipinski definition) is 8. The van der Waals surface area contributed by atoms with Gasteiger partial charge in [-0.15, -0.1) is 0 Å². The van der Waals surface area contributed by atoms with Gasteiger partial charge in [-0.25, -0.2) is 0 Å². The minimum Gasteiger partial charge on any atom is -0.756 e. The zero-order valence-electron chi connectivity index (χ0n) is 35.5. The summed E-state index contributed by atoms with van der Waals surface area (Å²) in [6.07, 6.45) is 35.5. The third-order valence-electron chi connectivity index (χ3n) is 9.88. The van der Waals surface area contributed by atoms with Crippen molar-refractivity contribution >= 4 is 19.8 Å². The summed E-state index contributed by atoms with van der Waals surface area (Å²) < 4.78 is 33.9. The van der Waals surface area contributed by atoms with Crippen LogP contribution in [0.1, 0.15) is 213 Å². The van der Waals surface area contributed by atoms with E-state index in [1.54, 1.807) is 0 Å². The molecule has 0 N–H and O–H groups in total. The van der Waals surface area contributed by atoms with Gasteiger partial charge in [0.25, 0.3) is 7.82 Å². The van der Waals surface area contributed by atoms with Crippen molar-refractivity contribution < 1.29 is 42.1 Å². The van der Waals surface area contributed by atoms with E-state index in [0.29, 0.717) is 17.4 Å². The van der Waals surface area contributed by atoms with Crippen molar-refractivity contribution in [2.75, 3.05) is 47.5 Å². The normalized spacial score (nSPS) is 13.5. The Morgan fingerprint density at radius 2 is 0.849 bits per heavy atom. The minimum atomic E-state index is -4.61. The molecule has 0 rings (SSSR count). The number of rotatable bonds is 41. The fourth-order valence-electron chi connectivity index (χ4n) is 6.36. The van der Waals surface area contributed by atoms with Crippen LogP contribution in [0.15, 0.2) is 0 Å². The van der Waals surface area contributed by atoms with Crippen LogP contribution >= 0.6 is 7.82 Å². The number of phosphoric ester groups is 1. The molecule has 0 aromatic heterocycles. The molecule has 0 aromatic rings. The predicted molar refractivity (Wildman–Crippen MR) is 218 cm³/mol. The number of hydrogen-bond donors (Lipinski definition) is 0. The highest BCUT2D eigenvalue weighted by molar-refractivity contribution is 7.45. The van der Waals surface area contributed by atoms with Gasteiger partial charge < -0.3 is 27.9 Å². The molecule has 0 aromatic carbocycles. The number of esters is 2. The fourth-order valence-corrected chi connectivity index (χ4v) is 7.09. The molecule has 0 heterocycles. The van der Waals surface area contributed by atoms with Gasteiger partial charge in [0.2, 0.25) is 0 Å². The van der Waals surface area contributed by atoms with Gasteiger partial charge in [0.05, 0.1) is 27.7 Å². The molecule has 0 amide bonds. The van der Waals surface area contributed by atoms with E-state index in [0.717, 1.165) is 32.1 Å². The van der Waals surface area contributed by atoms with E-state index in [2.05, 4.69) is 13.8 Å². The van der Waals surface area contributed by atoms with Crippen LogP contribution in [-0.4, -0.2) is 70.0 Å². The topological polar surface area (TPSA) is 111 Å². The van der Waals surface area contributed by atoms with Gasteiger partial charge in [-0.05, 0) is 12.8 Å². The molecular weight excluding hydrogens is 689 g/mol. The Morgan fingerprint density at radius 1 is 0.509 bits per heavy atom. The molecule has 9 nitrogen and oxygen atoms in total. The first-order valence-electron chi connectivity index (χ1n) is 22.2. The van der Waals surface area contributed by atoms with E-state index in [1.807, 2.05) is 21.1 Å². The Morgan fingerprint density at radius 3 is 1.21 bits per heavy atom. The summed E-state index contributed by atoms with van der Waals surface area (Å²) >= 11 is 0. The van der Waals surface area contributed by atoms with Crippen LogP contribution in [-0.2, 0) is 32.7 Å². The molecule has 53 heavy (non-hydrogen) atoms. The van der Waals surface area contributed by atoms with Crippen molar-refractivity contribution in [3.63, 3.8) is 0 Å². The Labute approximate surface area is 327 Å². The molecule has 0 aliphatic rings. The minimum absolute atomic E-state index is 0.0257. The summed E-state index contributed by atoms with van der Waals surface area (Å²) in [5.41, 5.74) is 0. The number of carbonyl (C=O) groups is 2. The van der Waals surface area contributed by atoms with Gasteiger partial charge in [0.15, 0.2) is 6.10 Å². The summed E-state index contributed by atoms with van der Waals surface area (Å²) in [7, 11) is 1.18. The lowest BCUT2D eigenvalue weighted by molar-refractivity contribution is -0.870. The lowest BCUT2D eigenvalue weighted by Gasteiger charge is -2.28. The lowest BCUT2D eigenvalue weighted by Crippen LogP contribution is -2.37. The Balaban J connectivity index is 4.30. The van der Waals surface area contributed by atoms with Crippen LogP contribution in [0.4, 0.5) is 0 Å². The molecule has 10 heteroatoms. The highest BCUT2D eigenvalue weighted by atomic mass is 31.2. The molecule has 0 radical (unpaired) electrons. The first kappa shape index (κ1) is 52.0. The van der Waals surface area contributed by atoms with Crippen molar-refractivity contribution in [3.8, 4) is 0 Å². The molecule has 0 saturated carbocycles. The zero-order valence-corrected chi connectivity index (χ0v) is 36.4. The van der Waals surface area contributed by atoms with E-state index in [-0.39, 0.29) is 32.0 Å². The maximum Gasteiger partial charge on any atom is 0.306 e. The van der Waals surface area contributed by atoms with Gasteiger partial charge in [0.1, 0.15) is 19.8 Å². The number of phosphoric acid groups is 1. The average Bonchev–Trinajstić information content (AvgIpc) is 3.10. The predicted octanol–water partition coefficient (Wildman–Crippen LogP) is 11.8. The molecule has 0 aliphatic carbocycles. The van der Waals surface area contributed by atoms with Gasteiger partial charge >= 0.3 is 11.9 Å². The van der Waals surface area contributed by atoms with Crippen molar-refractivity contribution in [1.29, 1.82) is 0 Å². The number of likely N-dealkylation sites (N-methyl/N-ethyl adjacent to an activating group) is 1. The van der Waals surface area contributed by atoms with Crippen molar-refractivity contribution in [1.82, 2.24) is 0 Å². The van der Waals surface area contributed by atoms with E-state index in [4.69, 9.17) is 18.5 Å². The molecular formula is C43H86NO8P. The number of unbranched alkanes of at least 4 members (excludes halogenated alkanes) is 27. The average molecular weight is 776 g/mol. The second-order valence-electron chi connectivity index (χ2n) is 16.4. The van der Waals surface area contributed by atoms with Crippen molar-refractivity contribution in [2.45, 2.75) is 219 Å². The van der Waals surface area contributed by atoms with Crippen LogP contribution in [0.3, 0.4) is 0 Å². The smallest absolute Gasteiger partial charge is 0.306 e. The quantitative estimate of drug-likeness (QED) is 0.0261. The summed E-state index contributed by atoms with van der Waals surface area (Å²) in [4.78, 5) is 37.5. The van der Waals surface area contributed by atoms with Gasteiger partial charge in [-0.1, -0.05) is 187 Å². The third-order valence-corrected chi connectivity index (χ3v) is 10.8. The number of carbonyl (C=O) groups excluding carboxylic acids is 2. The lowest BCUT2D eigenvalue weighted by atomic mass is 10.0. The van der Waals surface area contributed by atoms with Gasteiger partial charge in [-0.3, -0.25) is 14.2 Å². The standard InChI is InChI=1S/C43H86NO8P/c1-6-8-10-12-14-16-18-20-21-22-24-25-27-29-31-33-35-42(45)49-39-41(40-51-53(47,48)50-38-37-44(3,4)5)52-43(46)36-34-32-30-28-26-23-19-17-15-13-11-9-7-2/h41H,6-40H2,1-5H3/t41-/m1/s1. The highest BCUT2D eigenvalue weighted by Crippen LogP contribution is 2.38. The molecule has 2 atom stereocenters. The highest BCUT2D eigenvalue weighted by Gasteiger charge is 2.21. The van der Waals surface area contributed by atoms with Gasteiger partial charge in [0, 0.05) is 12.8 Å². The first-order chi connectivity index (χ1) is 25.5. The molecule has 1 unspecified atom stereocenters. The van der Waals surface area contributed by atoms with Crippen LogP contribution in [0.5, 0.6) is 0 Å².